The van der Waals surface area contributed by atoms with E-state index in [0.29, 0.717) is 6.42 Å². The lowest BCUT2D eigenvalue weighted by atomic mass is 10.2. The van der Waals surface area contributed by atoms with Crippen molar-refractivity contribution in [3.8, 4) is 0 Å². The van der Waals surface area contributed by atoms with Crippen LogP contribution in [0.25, 0.3) is 0 Å². The Labute approximate surface area is 54.5 Å². The van der Waals surface area contributed by atoms with Gasteiger partial charge in [-0.1, -0.05) is 26.2 Å². The summed E-state index contributed by atoms with van der Waals surface area (Å²) in [6.45, 7) is 2.94. The fourth-order valence-electron chi connectivity index (χ4n) is 0.583. The number of hydrogen-bond donors (Lipinski definition) is 0. The smallest absolute Gasteiger partial charge is 0.0939 e. The number of nitrogens with zero attached hydrogens (tertiary/aromatic N) is 1. The van der Waals surface area contributed by atoms with Crippen molar-refractivity contribution in [2.24, 2.45) is 0 Å². The highest BCUT2D eigenvalue weighted by Gasteiger charge is 1.96. The number of halogens is 2. The largest absolute Gasteiger partial charge is 0.101 e. The third-order valence-corrected chi connectivity index (χ3v) is 1.07. The van der Waals surface area contributed by atoms with Crippen molar-refractivity contribution in [3.05, 3.63) is 6.54 Å². The van der Waals surface area contributed by atoms with Crippen molar-refractivity contribution in [1.82, 2.24) is 5.34 Å². The molecule has 0 aromatic carbocycles. The monoisotopic (exact) mass is 136 g/mol. The van der Waals surface area contributed by atoms with Crippen molar-refractivity contribution in [3.63, 3.8) is 0 Å². The molecule has 0 saturated carbocycles. The first-order chi connectivity index (χ1) is 4.27. The van der Waals surface area contributed by atoms with Gasteiger partial charge in [0, 0.05) is 5.34 Å². The first-order valence-corrected chi connectivity index (χ1v) is 3.21. The van der Waals surface area contributed by atoms with Crippen LogP contribution in [0, 0.1) is 6.54 Å². The van der Waals surface area contributed by atoms with Gasteiger partial charge in [0.25, 0.3) is 0 Å². The molecular weight excluding hydrogens is 124 g/mol. The molecule has 0 aliphatic carbocycles. The van der Waals surface area contributed by atoms with E-state index in [1.807, 2.05) is 6.92 Å². The third-order valence-electron chi connectivity index (χ3n) is 1.07. The Kier molecular flexibility index (Phi) is 5.83. The quantitative estimate of drug-likeness (QED) is 0.415. The highest BCUT2D eigenvalue weighted by Crippen LogP contribution is 2.05. The molecule has 0 saturated heterocycles. The molecule has 0 fully saturated rings. The molecule has 0 aromatic rings. The van der Waals surface area contributed by atoms with Gasteiger partial charge in [-0.25, -0.2) is 0 Å². The number of hydrogen-bond acceptors (Lipinski definition) is 1. The van der Waals surface area contributed by atoms with Crippen LogP contribution >= 0.6 is 0 Å². The summed E-state index contributed by atoms with van der Waals surface area (Å²) in [5.41, 5.74) is 0. The molecule has 0 heterocycles. The Hall–Kier alpha value is -0.180. The van der Waals surface area contributed by atoms with Gasteiger partial charge >= 0.3 is 0 Å². The van der Waals surface area contributed by atoms with Gasteiger partial charge in [-0.3, -0.25) is 0 Å². The molecule has 55 valence electrons. The van der Waals surface area contributed by atoms with Crippen molar-refractivity contribution in [2.75, 3.05) is 0 Å². The van der Waals surface area contributed by atoms with Crippen LogP contribution in [-0.4, -0.2) is 5.34 Å². The summed E-state index contributed by atoms with van der Waals surface area (Å²) >= 11 is 0. The summed E-state index contributed by atoms with van der Waals surface area (Å²) in [5.74, 6) is 0. The molecule has 0 spiro atoms. The van der Waals surface area contributed by atoms with Gasteiger partial charge < -0.3 is 0 Å². The van der Waals surface area contributed by atoms with E-state index in [4.69, 9.17) is 0 Å². The SMILES string of the molecule is CCCCC[CH]N(F)F. The van der Waals surface area contributed by atoms with Crippen LogP contribution in [0.1, 0.15) is 32.6 Å². The molecule has 0 aliphatic rings. The summed E-state index contributed by atoms with van der Waals surface area (Å²) in [4.78, 5) is 0. The molecule has 0 unspecified atom stereocenters. The van der Waals surface area contributed by atoms with Gasteiger partial charge in [-0.2, -0.15) is 0 Å². The predicted molar refractivity (Wildman–Crippen MR) is 32.5 cm³/mol. The first kappa shape index (κ1) is 8.82. The molecule has 0 aliphatic heterocycles. The molecule has 0 N–H and O–H groups in total. The van der Waals surface area contributed by atoms with Crippen molar-refractivity contribution in [2.45, 2.75) is 32.6 Å². The minimum Gasteiger partial charge on any atom is -0.101 e. The fraction of sp³-hybridized carbons (Fsp3) is 0.833. The highest BCUT2D eigenvalue weighted by atomic mass is 19.4. The predicted octanol–water partition coefficient (Wildman–Crippen LogP) is 2.80. The zero-order valence-electron chi connectivity index (χ0n) is 5.61. The standard InChI is InChI=1S/C6H12F2N/c1-2-3-4-5-6-9(7)8/h6H,2-5H2,1H3. The minimum atomic E-state index is -0.879. The topological polar surface area (TPSA) is 3.24 Å². The summed E-state index contributed by atoms with van der Waals surface area (Å²) in [5, 5.41) is -0.879. The van der Waals surface area contributed by atoms with Crippen LogP contribution in [0.4, 0.5) is 8.96 Å². The highest BCUT2D eigenvalue weighted by molar-refractivity contribution is 4.53. The van der Waals surface area contributed by atoms with Crippen LogP contribution in [-0.2, 0) is 0 Å². The molecule has 0 rings (SSSR count). The van der Waals surface area contributed by atoms with Crippen molar-refractivity contribution >= 4 is 0 Å². The minimum absolute atomic E-state index is 0.487. The molecule has 3 heteroatoms. The molecule has 9 heavy (non-hydrogen) atoms. The zero-order valence-corrected chi connectivity index (χ0v) is 5.61. The Morgan fingerprint density at radius 2 is 2.00 bits per heavy atom. The van der Waals surface area contributed by atoms with Crippen LogP contribution in [0.5, 0.6) is 0 Å². The molecule has 1 nitrogen and oxygen atoms in total. The van der Waals surface area contributed by atoms with Crippen LogP contribution in [0.2, 0.25) is 0 Å². The Morgan fingerprint density at radius 1 is 1.33 bits per heavy atom. The van der Waals surface area contributed by atoms with Gasteiger partial charge in [-0.15, -0.1) is 8.96 Å². The zero-order chi connectivity index (χ0) is 7.11. The van der Waals surface area contributed by atoms with Gasteiger partial charge in [0.15, 0.2) is 0 Å². The molecular formula is C6H12F2N. The lowest BCUT2D eigenvalue weighted by Crippen LogP contribution is -1.94. The third kappa shape index (κ3) is 7.82. The van der Waals surface area contributed by atoms with E-state index in [9.17, 15) is 8.96 Å². The summed E-state index contributed by atoms with van der Waals surface area (Å²) in [7, 11) is 0. The normalized spacial score (nSPS) is 10.7. The second-order valence-electron chi connectivity index (χ2n) is 1.94. The van der Waals surface area contributed by atoms with E-state index in [2.05, 4.69) is 0 Å². The van der Waals surface area contributed by atoms with Gasteiger partial charge in [0.1, 0.15) is 0 Å². The Morgan fingerprint density at radius 3 is 2.44 bits per heavy atom. The molecule has 1 radical (unpaired) electrons. The summed E-state index contributed by atoms with van der Waals surface area (Å²) < 4.78 is 22.5. The van der Waals surface area contributed by atoms with Gasteiger partial charge in [0.2, 0.25) is 0 Å². The summed E-state index contributed by atoms with van der Waals surface area (Å²) in [6, 6.07) is 0. The van der Waals surface area contributed by atoms with Crippen LogP contribution in [0.3, 0.4) is 0 Å². The van der Waals surface area contributed by atoms with Crippen LogP contribution < -0.4 is 0 Å². The Balaban J connectivity index is 2.75. The Bertz CT molecular complexity index is 57.0. The maximum atomic E-state index is 11.2. The fourth-order valence-corrected chi connectivity index (χ4v) is 0.583. The lowest BCUT2D eigenvalue weighted by molar-refractivity contribution is -0.125. The molecule has 0 aromatic heterocycles. The van der Waals surface area contributed by atoms with Gasteiger partial charge in [0.05, 0.1) is 6.54 Å². The molecule has 0 amide bonds. The lowest BCUT2D eigenvalue weighted by Gasteiger charge is -1.97. The average Bonchev–Trinajstić information content (AvgIpc) is 1.80. The summed E-state index contributed by atoms with van der Waals surface area (Å²) in [6.07, 6.45) is 3.46. The number of rotatable bonds is 5. The van der Waals surface area contributed by atoms with Crippen LogP contribution in [0.15, 0.2) is 0 Å². The second-order valence-corrected chi connectivity index (χ2v) is 1.94. The van der Waals surface area contributed by atoms with Gasteiger partial charge in [-0.05, 0) is 6.42 Å². The van der Waals surface area contributed by atoms with E-state index in [-0.39, 0.29) is 0 Å². The van der Waals surface area contributed by atoms with Crippen molar-refractivity contribution in [1.29, 1.82) is 0 Å². The molecule has 0 atom stereocenters. The molecule has 0 bridgehead atoms. The average molecular weight is 136 g/mol. The van der Waals surface area contributed by atoms with E-state index < -0.39 is 5.34 Å². The van der Waals surface area contributed by atoms with Crippen molar-refractivity contribution < 1.29 is 8.96 Å². The number of unbranched alkanes of at least 4 members (excludes halogenated alkanes) is 3. The van der Waals surface area contributed by atoms with E-state index >= 15 is 0 Å². The van der Waals surface area contributed by atoms with E-state index in [1.165, 1.54) is 0 Å². The van der Waals surface area contributed by atoms with E-state index in [0.717, 1.165) is 25.8 Å². The second kappa shape index (κ2) is 5.95. The maximum Gasteiger partial charge on any atom is 0.0939 e. The van der Waals surface area contributed by atoms with E-state index in [1.54, 1.807) is 0 Å². The maximum absolute atomic E-state index is 11.2. The first-order valence-electron chi connectivity index (χ1n) is 3.21.